The van der Waals surface area contributed by atoms with Crippen LogP contribution in [0.4, 0.5) is 5.69 Å². The highest BCUT2D eigenvalue weighted by Crippen LogP contribution is 2.24. The van der Waals surface area contributed by atoms with E-state index in [-0.39, 0.29) is 0 Å². The molecule has 88 valence electrons. The van der Waals surface area contributed by atoms with Gasteiger partial charge < -0.3 is 15.4 Å². The van der Waals surface area contributed by atoms with Crippen molar-refractivity contribution in [2.24, 2.45) is 5.73 Å². The summed E-state index contributed by atoms with van der Waals surface area (Å²) in [6.45, 7) is 8.07. The topological polar surface area (TPSA) is 51.4 Å². The Bertz CT molecular complexity index is 373. The first-order valence-electron chi connectivity index (χ1n) is 5.72. The van der Waals surface area contributed by atoms with Gasteiger partial charge >= 0.3 is 0 Å². The monoisotopic (exact) mass is 221 g/mol. The second kappa shape index (κ2) is 4.80. The standard InChI is InChI=1S/C12H19N3O/c1-9-7-12(11(8-13)10(2)14-9)15-3-5-16-6-4-15/h7H,3-6,8,13H2,1-2H3. The van der Waals surface area contributed by atoms with Gasteiger partial charge in [-0.15, -0.1) is 0 Å². The summed E-state index contributed by atoms with van der Waals surface area (Å²) in [6, 6.07) is 2.13. The van der Waals surface area contributed by atoms with E-state index in [0.717, 1.165) is 43.3 Å². The van der Waals surface area contributed by atoms with Crippen molar-refractivity contribution in [3.05, 3.63) is 23.0 Å². The Labute approximate surface area is 96.4 Å². The molecule has 0 unspecified atom stereocenters. The smallest absolute Gasteiger partial charge is 0.0642 e. The molecule has 4 heteroatoms. The van der Waals surface area contributed by atoms with E-state index in [0.29, 0.717) is 6.54 Å². The minimum Gasteiger partial charge on any atom is -0.378 e. The molecule has 2 N–H and O–H groups in total. The maximum atomic E-state index is 5.81. The van der Waals surface area contributed by atoms with Gasteiger partial charge in [-0.2, -0.15) is 0 Å². The predicted molar refractivity (Wildman–Crippen MR) is 64.6 cm³/mol. The minimum atomic E-state index is 0.547. The Morgan fingerprint density at radius 3 is 2.69 bits per heavy atom. The maximum Gasteiger partial charge on any atom is 0.0642 e. The van der Waals surface area contributed by atoms with Crippen molar-refractivity contribution in [2.45, 2.75) is 20.4 Å². The fraction of sp³-hybridized carbons (Fsp3) is 0.583. The second-order valence-electron chi connectivity index (χ2n) is 4.15. The highest BCUT2D eigenvalue weighted by molar-refractivity contribution is 5.56. The van der Waals surface area contributed by atoms with Crippen molar-refractivity contribution in [1.29, 1.82) is 0 Å². The molecule has 2 heterocycles. The first-order chi connectivity index (χ1) is 7.72. The summed E-state index contributed by atoms with van der Waals surface area (Å²) in [6.07, 6.45) is 0. The average Bonchev–Trinajstić information content (AvgIpc) is 2.29. The van der Waals surface area contributed by atoms with Crippen LogP contribution < -0.4 is 10.6 Å². The molecule has 2 rings (SSSR count). The lowest BCUT2D eigenvalue weighted by Crippen LogP contribution is -2.37. The highest BCUT2D eigenvalue weighted by atomic mass is 16.5. The molecule has 1 fully saturated rings. The van der Waals surface area contributed by atoms with Crippen molar-refractivity contribution in [3.63, 3.8) is 0 Å². The van der Waals surface area contributed by atoms with Crippen molar-refractivity contribution >= 4 is 5.69 Å². The number of pyridine rings is 1. The highest BCUT2D eigenvalue weighted by Gasteiger charge is 2.16. The molecule has 0 aliphatic carbocycles. The van der Waals surface area contributed by atoms with Crippen LogP contribution in [-0.2, 0) is 11.3 Å². The number of aryl methyl sites for hydroxylation is 2. The van der Waals surface area contributed by atoms with Crippen molar-refractivity contribution in [2.75, 3.05) is 31.2 Å². The molecule has 1 aliphatic heterocycles. The van der Waals surface area contributed by atoms with E-state index >= 15 is 0 Å². The number of nitrogens with two attached hydrogens (primary N) is 1. The molecule has 0 amide bonds. The summed E-state index contributed by atoms with van der Waals surface area (Å²) in [4.78, 5) is 6.80. The fourth-order valence-electron chi connectivity index (χ4n) is 2.17. The van der Waals surface area contributed by atoms with E-state index in [1.807, 2.05) is 13.8 Å². The largest absolute Gasteiger partial charge is 0.378 e. The summed E-state index contributed by atoms with van der Waals surface area (Å²) in [7, 11) is 0. The summed E-state index contributed by atoms with van der Waals surface area (Å²) < 4.78 is 5.37. The fourth-order valence-corrected chi connectivity index (χ4v) is 2.17. The third-order valence-electron chi connectivity index (χ3n) is 2.99. The maximum absolute atomic E-state index is 5.81. The van der Waals surface area contributed by atoms with Gasteiger partial charge in [-0.3, -0.25) is 4.98 Å². The Hall–Kier alpha value is -1.13. The first-order valence-corrected chi connectivity index (χ1v) is 5.72. The van der Waals surface area contributed by atoms with Gasteiger partial charge in [-0.05, 0) is 19.9 Å². The average molecular weight is 221 g/mol. The third-order valence-corrected chi connectivity index (χ3v) is 2.99. The van der Waals surface area contributed by atoms with Crippen LogP contribution in [0.1, 0.15) is 17.0 Å². The third kappa shape index (κ3) is 2.18. The predicted octanol–water partition coefficient (Wildman–Crippen LogP) is 0.994. The van der Waals surface area contributed by atoms with E-state index in [2.05, 4.69) is 16.0 Å². The molecule has 0 saturated carbocycles. The Morgan fingerprint density at radius 2 is 2.06 bits per heavy atom. The molecule has 0 atom stereocenters. The normalized spacial score (nSPS) is 16.6. The van der Waals surface area contributed by atoms with E-state index in [1.165, 1.54) is 5.69 Å². The number of hydrogen-bond acceptors (Lipinski definition) is 4. The number of hydrogen-bond donors (Lipinski definition) is 1. The molecule has 0 radical (unpaired) electrons. The van der Waals surface area contributed by atoms with Crippen LogP contribution in [0.3, 0.4) is 0 Å². The molecule has 0 bridgehead atoms. The molecular formula is C12H19N3O. The second-order valence-corrected chi connectivity index (χ2v) is 4.15. The lowest BCUT2D eigenvalue weighted by atomic mass is 10.1. The Balaban J connectivity index is 2.36. The van der Waals surface area contributed by atoms with Crippen LogP contribution in [0.5, 0.6) is 0 Å². The number of morpholine rings is 1. The molecule has 0 aromatic carbocycles. The van der Waals surface area contributed by atoms with Crippen molar-refractivity contribution in [3.8, 4) is 0 Å². The molecule has 16 heavy (non-hydrogen) atoms. The van der Waals surface area contributed by atoms with Crippen LogP contribution in [0, 0.1) is 13.8 Å². The molecule has 1 saturated heterocycles. The van der Waals surface area contributed by atoms with Gasteiger partial charge in [0.2, 0.25) is 0 Å². The van der Waals surface area contributed by atoms with Crippen LogP contribution in [0.2, 0.25) is 0 Å². The van der Waals surface area contributed by atoms with Gasteiger partial charge in [0, 0.05) is 42.3 Å². The lowest BCUT2D eigenvalue weighted by molar-refractivity contribution is 0.122. The van der Waals surface area contributed by atoms with Crippen LogP contribution in [-0.4, -0.2) is 31.3 Å². The SMILES string of the molecule is Cc1cc(N2CCOCC2)c(CN)c(C)n1. The van der Waals surface area contributed by atoms with Gasteiger partial charge in [0.05, 0.1) is 13.2 Å². The lowest BCUT2D eigenvalue weighted by Gasteiger charge is -2.31. The molecular weight excluding hydrogens is 202 g/mol. The Morgan fingerprint density at radius 1 is 1.38 bits per heavy atom. The van der Waals surface area contributed by atoms with E-state index in [1.54, 1.807) is 0 Å². The molecule has 1 aromatic heterocycles. The van der Waals surface area contributed by atoms with Gasteiger partial charge in [0.15, 0.2) is 0 Å². The number of rotatable bonds is 2. The van der Waals surface area contributed by atoms with E-state index in [4.69, 9.17) is 10.5 Å². The zero-order valence-electron chi connectivity index (χ0n) is 9.99. The Kier molecular flexibility index (Phi) is 3.41. The number of aromatic nitrogens is 1. The summed E-state index contributed by atoms with van der Waals surface area (Å²) >= 11 is 0. The van der Waals surface area contributed by atoms with Gasteiger partial charge in [0.1, 0.15) is 0 Å². The number of anilines is 1. The van der Waals surface area contributed by atoms with Crippen LogP contribution in [0.25, 0.3) is 0 Å². The molecule has 4 nitrogen and oxygen atoms in total. The zero-order chi connectivity index (χ0) is 11.5. The van der Waals surface area contributed by atoms with Gasteiger partial charge in [0.25, 0.3) is 0 Å². The quantitative estimate of drug-likeness (QED) is 0.809. The minimum absolute atomic E-state index is 0.547. The number of nitrogens with zero attached hydrogens (tertiary/aromatic N) is 2. The van der Waals surface area contributed by atoms with Crippen molar-refractivity contribution in [1.82, 2.24) is 4.98 Å². The van der Waals surface area contributed by atoms with Crippen LogP contribution in [0.15, 0.2) is 6.07 Å². The van der Waals surface area contributed by atoms with Crippen LogP contribution >= 0.6 is 0 Å². The summed E-state index contributed by atoms with van der Waals surface area (Å²) in [5.41, 5.74) is 10.3. The van der Waals surface area contributed by atoms with Gasteiger partial charge in [-0.25, -0.2) is 0 Å². The molecule has 0 spiro atoms. The van der Waals surface area contributed by atoms with Gasteiger partial charge in [-0.1, -0.05) is 0 Å². The molecule has 1 aliphatic rings. The van der Waals surface area contributed by atoms with E-state index in [9.17, 15) is 0 Å². The zero-order valence-corrected chi connectivity index (χ0v) is 9.99. The number of ether oxygens (including phenoxy) is 1. The van der Waals surface area contributed by atoms with E-state index < -0.39 is 0 Å². The van der Waals surface area contributed by atoms with Crippen molar-refractivity contribution < 1.29 is 4.74 Å². The summed E-state index contributed by atoms with van der Waals surface area (Å²) in [5, 5.41) is 0. The first kappa shape index (κ1) is 11.4. The molecule has 1 aromatic rings. The summed E-state index contributed by atoms with van der Waals surface area (Å²) in [5.74, 6) is 0.